The van der Waals surface area contributed by atoms with Crippen LogP contribution in [-0.4, -0.2) is 142 Å². The van der Waals surface area contributed by atoms with E-state index >= 15 is 0 Å². The number of piperazine rings is 1. The van der Waals surface area contributed by atoms with E-state index in [0.717, 1.165) is 30.6 Å². The molecule has 2 aromatic heterocycles. The van der Waals surface area contributed by atoms with Crippen LogP contribution in [0.4, 0.5) is 0 Å². The number of piperidine rings is 1. The fourth-order valence-electron chi connectivity index (χ4n) is 8.34. The van der Waals surface area contributed by atoms with Crippen LogP contribution in [-0.2, 0) is 25.2 Å². The molecule has 3 aliphatic heterocycles. The third kappa shape index (κ3) is 8.92. The Kier molecular flexibility index (Phi) is 12.7. The molecule has 1 unspecified atom stereocenters. The molecule has 0 radical (unpaired) electrons. The fourth-order valence-corrected chi connectivity index (χ4v) is 8.64. The molecule has 7 rings (SSSR count). The molecular weight excluding hydrogens is 771 g/mol. The van der Waals surface area contributed by atoms with Crippen LogP contribution in [0.2, 0.25) is 10.0 Å². The van der Waals surface area contributed by atoms with E-state index in [4.69, 9.17) is 37.7 Å². The number of ether oxygens (including phenoxy) is 2. The molecule has 1 atom stereocenters. The Bertz CT molecular complexity index is 2020. The van der Waals surface area contributed by atoms with Crippen LogP contribution in [0, 0.1) is 0 Å². The van der Waals surface area contributed by atoms with Gasteiger partial charge in [-0.15, -0.1) is 5.10 Å². The second kappa shape index (κ2) is 17.9. The summed E-state index contributed by atoms with van der Waals surface area (Å²) in [5.41, 5.74) is 4.89. The Morgan fingerprint density at radius 3 is 2.39 bits per heavy atom. The van der Waals surface area contributed by atoms with E-state index in [-0.39, 0.29) is 24.3 Å². The number of carbonyl (C=O) groups excluding carboxylic acids is 3. The summed E-state index contributed by atoms with van der Waals surface area (Å²) in [6, 6.07) is 16.8. The maximum absolute atomic E-state index is 14.3. The molecule has 17 heteroatoms. The van der Waals surface area contributed by atoms with E-state index in [2.05, 4.69) is 25.9 Å². The Morgan fingerprint density at radius 1 is 0.895 bits per heavy atom. The van der Waals surface area contributed by atoms with Crippen molar-refractivity contribution in [2.24, 2.45) is 0 Å². The molecule has 0 aliphatic carbocycles. The predicted octanol–water partition coefficient (Wildman–Crippen LogP) is 3.79. The van der Waals surface area contributed by atoms with Gasteiger partial charge in [-0.2, -0.15) is 0 Å². The van der Waals surface area contributed by atoms with Gasteiger partial charge in [-0.05, 0) is 111 Å². The minimum absolute atomic E-state index is 0.0588. The Balaban J connectivity index is 1.04. The minimum atomic E-state index is -0.798. The number of carbonyl (C=O) groups is 3. The summed E-state index contributed by atoms with van der Waals surface area (Å²) in [5.74, 6) is 0.0283. The SMILES string of the molecule is CCOC(=O)CN1CCN(NC(=O)C2(c3ccccn3)CCN(CCC3(c4ccc(Cl)c(Cl)c4)CCN(C(=O)c4cc(-n5cnnn5)ccc4OC)C3)CC2)CC1. The van der Waals surface area contributed by atoms with E-state index in [1.165, 1.54) is 11.0 Å². The maximum atomic E-state index is 14.3. The molecule has 4 aromatic rings. The van der Waals surface area contributed by atoms with E-state index < -0.39 is 10.8 Å². The molecule has 3 aliphatic rings. The molecule has 57 heavy (non-hydrogen) atoms. The van der Waals surface area contributed by atoms with Crippen molar-refractivity contribution in [3.05, 3.63) is 94.0 Å². The number of hydrogen-bond acceptors (Lipinski definition) is 12. The lowest BCUT2D eigenvalue weighted by Crippen LogP contribution is -2.60. The predicted molar refractivity (Wildman–Crippen MR) is 213 cm³/mol. The summed E-state index contributed by atoms with van der Waals surface area (Å²) in [4.78, 5) is 51.6. The number of methoxy groups -OCH3 is 1. The minimum Gasteiger partial charge on any atom is -0.496 e. The molecule has 0 bridgehead atoms. The van der Waals surface area contributed by atoms with Crippen molar-refractivity contribution < 1.29 is 23.9 Å². The highest BCUT2D eigenvalue weighted by molar-refractivity contribution is 6.42. The maximum Gasteiger partial charge on any atom is 0.320 e. The number of nitrogens with zero attached hydrogens (tertiary/aromatic N) is 9. The van der Waals surface area contributed by atoms with Gasteiger partial charge in [-0.25, -0.2) is 9.69 Å². The number of likely N-dealkylation sites (tertiary alicyclic amines) is 2. The van der Waals surface area contributed by atoms with Crippen LogP contribution in [0.15, 0.2) is 67.1 Å². The second-order valence-electron chi connectivity index (χ2n) is 14.9. The monoisotopic (exact) mass is 818 g/mol. The van der Waals surface area contributed by atoms with Crippen molar-refractivity contribution in [1.29, 1.82) is 0 Å². The number of rotatable bonds is 13. The van der Waals surface area contributed by atoms with Gasteiger partial charge in [-0.1, -0.05) is 35.3 Å². The highest BCUT2D eigenvalue weighted by atomic mass is 35.5. The molecule has 0 saturated carbocycles. The topological polar surface area (TPSA) is 151 Å². The first-order valence-electron chi connectivity index (χ1n) is 19.4. The first kappa shape index (κ1) is 40.5. The lowest BCUT2D eigenvalue weighted by Gasteiger charge is -2.43. The van der Waals surface area contributed by atoms with Gasteiger partial charge in [0.2, 0.25) is 5.91 Å². The number of hydrogen-bond donors (Lipinski definition) is 1. The number of aromatic nitrogens is 5. The molecule has 2 aromatic carbocycles. The van der Waals surface area contributed by atoms with Crippen LogP contribution in [0.25, 0.3) is 5.69 Å². The summed E-state index contributed by atoms with van der Waals surface area (Å²) in [5, 5.41) is 14.3. The Morgan fingerprint density at radius 2 is 1.70 bits per heavy atom. The Labute approximate surface area is 342 Å². The largest absolute Gasteiger partial charge is 0.496 e. The summed E-state index contributed by atoms with van der Waals surface area (Å²) < 4.78 is 12.2. The number of benzene rings is 2. The quantitative estimate of drug-likeness (QED) is 0.196. The number of amides is 2. The van der Waals surface area contributed by atoms with Crippen molar-refractivity contribution in [1.82, 2.24) is 50.3 Å². The smallest absolute Gasteiger partial charge is 0.320 e. The number of halogens is 2. The number of hydrazine groups is 1. The standard InChI is InChI=1S/C40H48Cl2N10O5/c1-3-57-36(53)26-49-20-22-51(23-21-49)45-38(55)40(35-6-4-5-15-43-35)13-17-48(18-14-40)16-11-39(29-7-9-32(41)33(42)24-29)12-19-50(27-39)37(54)31-25-30(8-10-34(31)56-2)52-28-44-46-47-52/h4-10,15,24-25,28H,3,11-14,16-23,26-27H2,1-2H3,(H,45,55). The van der Waals surface area contributed by atoms with Crippen molar-refractivity contribution in [3.8, 4) is 11.4 Å². The van der Waals surface area contributed by atoms with Gasteiger partial charge in [0.15, 0.2) is 0 Å². The fraction of sp³-hybridized carbons (Fsp3) is 0.475. The van der Waals surface area contributed by atoms with Crippen LogP contribution >= 0.6 is 23.2 Å². The van der Waals surface area contributed by atoms with Gasteiger partial charge in [0.25, 0.3) is 5.91 Å². The molecule has 15 nitrogen and oxygen atoms in total. The van der Waals surface area contributed by atoms with Crippen molar-refractivity contribution in [2.75, 3.05) is 79.2 Å². The van der Waals surface area contributed by atoms with Gasteiger partial charge < -0.3 is 19.3 Å². The van der Waals surface area contributed by atoms with Crippen LogP contribution in [0.3, 0.4) is 0 Å². The van der Waals surface area contributed by atoms with Crippen molar-refractivity contribution in [2.45, 2.75) is 43.4 Å². The molecule has 302 valence electrons. The summed E-state index contributed by atoms with van der Waals surface area (Å²) >= 11 is 13.0. The highest BCUT2D eigenvalue weighted by Crippen LogP contribution is 2.42. The lowest BCUT2D eigenvalue weighted by molar-refractivity contribution is -0.145. The van der Waals surface area contributed by atoms with Crippen molar-refractivity contribution >= 4 is 41.0 Å². The second-order valence-corrected chi connectivity index (χ2v) is 15.7. The molecule has 1 N–H and O–H groups in total. The third-order valence-electron chi connectivity index (χ3n) is 11.7. The van der Waals surface area contributed by atoms with Gasteiger partial charge >= 0.3 is 5.97 Å². The molecule has 5 heterocycles. The molecule has 3 fully saturated rings. The molecule has 2 amide bonds. The summed E-state index contributed by atoms with van der Waals surface area (Å²) in [7, 11) is 1.55. The third-order valence-corrected chi connectivity index (χ3v) is 12.4. The van der Waals surface area contributed by atoms with Gasteiger partial charge in [0.05, 0.1) is 52.7 Å². The number of esters is 1. The normalized spacial score (nSPS) is 20.3. The molecule has 3 saturated heterocycles. The zero-order valence-corrected chi connectivity index (χ0v) is 33.8. The number of nitrogens with one attached hydrogen (secondary N) is 1. The molecular formula is C40H48Cl2N10O5. The first-order chi connectivity index (χ1) is 27.6. The van der Waals surface area contributed by atoms with Gasteiger partial charge in [0, 0.05) is 50.9 Å². The summed E-state index contributed by atoms with van der Waals surface area (Å²) in [6.45, 7) is 8.05. The Hall–Kier alpha value is -4.67. The summed E-state index contributed by atoms with van der Waals surface area (Å²) in [6.07, 6.45) is 5.91. The van der Waals surface area contributed by atoms with Crippen molar-refractivity contribution in [3.63, 3.8) is 0 Å². The van der Waals surface area contributed by atoms with E-state index in [0.29, 0.717) is 98.9 Å². The average molecular weight is 820 g/mol. The zero-order chi connectivity index (χ0) is 40.0. The molecule has 0 spiro atoms. The lowest BCUT2D eigenvalue weighted by atomic mass is 9.73. The first-order valence-corrected chi connectivity index (χ1v) is 20.1. The van der Waals surface area contributed by atoms with E-state index in [9.17, 15) is 14.4 Å². The van der Waals surface area contributed by atoms with Gasteiger partial charge in [-0.3, -0.25) is 29.7 Å². The highest BCUT2D eigenvalue weighted by Gasteiger charge is 2.46. The van der Waals surface area contributed by atoms with Gasteiger partial charge in [0.1, 0.15) is 12.1 Å². The van der Waals surface area contributed by atoms with E-state index in [1.807, 2.05) is 51.2 Å². The average Bonchev–Trinajstić information content (AvgIpc) is 3.94. The van der Waals surface area contributed by atoms with Crippen LogP contribution < -0.4 is 10.2 Å². The number of pyridine rings is 1. The van der Waals surface area contributed by atoms with Crippen LogP contribution in [0.5, 0.6) is 5.75 Å². The van der Waals surface area contributed by atoms with Crippen LogP contribution in [0.1, 0.15) is 54.2 Å². The zero-order valence-electron chi connectivity index (χ0n) is 32.3. The number of tetrazole rings is 1. The van der Waals surface area contributed by atoms with E-state index in [1.54, 1.807) is 38.4 Å².